The van der Waals surface area contributed by atoms with E-state index in [4.69, 9.17) is 77.0 Å². The zero-order chi connectivity index (χ0) is 84.5. The molecule has 0 spiro atoms. The minimum absolute atomic E-state index is 0.00594. The highest BCUT2D eigenvalue weighted by molar-refractivity contribution is 6.38. The number of para-hydroxylation sites is 1. The maximum absolute atomic E-state index is 14.4. The highest BCUT2D eigenvalue weighted by atomic mass is 16.6. The van der Waals surface area contributed by atoms with Crippen LogP contribution in [0.5, 0.6) is 5.75 Å². The highest BCUT2D eigenvalue weighted by Crippen LogP contribution is 2.40. The number of ketones is 2. The molecule has 2 unspecified atom stereocenters. The van der Waals surface area contributed by atoms with Gasteiger partial charge in [-0.25, -0.2) is 24.1 Å². The number of aromatic nitrogens is 5. The Morgan fingerprint density at radius 3 is 1.92 bits per heavy atom. The van der Waals surface area contributed by atoms with Gasteiger partial charge in [-0.15, -0.1) is 0 Å². The first-order chi connectivity index (χ1) is 57.9. The number of anilines is 1. The lowest BCUT2D eigenvalue weighted by atomic mass is 9.81. The van der Waals surface area contributed by atoms with Crippen LogP contribution in [0.4, 0.5) is 10.6 Å². The van der Waals surface area contributed by atoms with Gasteiger partial charge in [0.1, 0.15) is 59.2 Å². The predicted octanol–water partition coefficient (Wildman–Crippen LogP) is 11.1. The molecular formula is C89H135N9O21. The molecule has 2 aliphatic carbocycles. The molecule has 4 aromatic rings. The fourth-order valence-electron chi connectivity index (χ4n) is 16.3. The number of nitrogen functional groups attached to an aromatic ring is 1. The van der Waals surface area contributed by atoms with E-state index in [0.29, 0.717) is 225 Å². The molecule has 2 saturated carbocycles. The quantitative estimate of drug-likeness (QED) is 0.0120. The van der Waals surface area contributed by atoms with Crippen LogP contribution in [-0.4, -0.2) is 265 Å². The van der Waals surface area contributed by atoms with Crippen molar-refractivity contribution in [1.29, 1.82) is 0 Å². The van der Waals surface area contributed by atoms with E-state index in [-0.39, 0.29) is 79.1 Å². The minimum Gasteiger partial charge on any atom is -0.495 e. The average molecular weight is 1670 g/mol. The Morgan fingerprint density at radius 2 is 1.29 bits per heavy atom. The van der Waals surface area contributed by atoms with Gasteiger partial charge in [-0.05, 0) is 177 Å². The molecule has 1 aromatic carbocycles. The average Bonchev–Trinajstić information content (AvgIpc) is 1.60. The number of H-pyrrole nitrogens is 1. The van der Waals surface area contributed by atoms with E-state index < -0.39 is 48.1 Å². The normalized spacial score (nSPS) is 26.6. The number of hydrogen-bond donors (Lipinski definition) is 5. The van der Waals surface area contributed by atoms with Crippen molar-refractivity contribution < 1.29 is 100 Å². The number of aliphatic hydroxyl groups is 1. The Morgan fingerprint density at radius 1 is 0.664 bits per heavy atom. The first-order valence-electron chi connectivity index (χ1n) is 43.6. The number of rotatable bonds is 39. The Hall–Kier alpha value is -7.59. The van der Waals surface area contributed by atoms with Gasteiger partial charge in [0.05, 0.1) is 156 Å². The SMILES string of the molecule is COc1cccc2cc(-c3nc([C@H]4CC[C@H](C(=O)NCCOCCOCCOCCOCCOCCOCCOCCOCCOCCNC(=O)O[C@H]5CC[C@H](CC[C@@H]6CC[C@H](C)/C=C(\C)[C@@H](O)CC(=O)[C@H](C)C[C@H](C)/C=C/C=C/C=C(\C)[C@@H](OC)CC7CCCC(O7)C(=O)C(=O)N7CCCC[C@H]7C(=O)O6)CC5)CC4)n4ncnc(N)c34)[nH]c12. The maximum atomic E-state index is 14.4. The number of nitrogens with zero attached hydrogens (tertiary/aromatic N) is 5. The predicted molar refractivity (Wildman–Crippen MR) is 449 cm³/mol. The van der Waals surface area contributed by atoms with Gasteiger partial charge in [0.25, 0.3) is 5.91 Å². The topological polar surface area (TPSA) is 364 Å². The number of piperidine rings is 1. The fourth-order valence-corrected chi connectivity index (χ4v) is 16.3. The minimum atomic E-state index is -0.919. The largest absolute Gasteiger partial charge is 0.495 e. The molecule has 4 fully saturated rings. The van der Waals surface area contributed by atoms with E-state index >= 15 is 0 Å². The van der Waals surface area contributed by atoms with Crippen molar-refractivity contribution in [1.82, 2.24) is 40.1 Å². The second-order valence-electron chi connectivity index (χ2n) is 32.3. The number of alkyl carbamates (subject to hydrolysis) is 1. The number of nitrogens with two attached hydrogens (primary N) is 1. The van der Waals surface area contributed by atoms with Gasteiger partial charge in [0.15, 0.2) is 5.82 Å². The lowest BCUT2D eigenvalue weighted by Crippen LogP contribution is -2.54. The van der Waals surface area contributed by atoms with Gasteiger partial charge in [-0.2, -0.15) is 5.10 Å². The molecule has 3 aromatic heterocycles. The standard InChI is InChI=1S/C89H135N9O21/c1-61-15-9-8-10-16-63(3)79(107-7)58-72-18-14-21-78(117-72)83(101)87(103)97-36-12-11-19-74(97)88(104)118-70(30-22-62(2)56-65(5)76(100)59-75(99)64(4)55-61)31-23-66-24-32-71(33-25-66)119-89(105)92-35-38-109-40-42-111-44-46-113-48-50-115-52-54-116-53-51-114-49-47-112-45-43-110-41-39-108-37-34-91-86(102)68-28-26-67(27-29-68)85-96-81(82-84(90)93-60-94-98(82)85)73-57-69-17-13-20-77(106-6)80(69)95-73/h8-10,13,15-17,20,56-57,60-62,64,66-68,70-72,74,76,78-79,95,100H,11-12,14,18-19,21-55,58-59H2,1-7H3,(H,91,102)(H,92,105)(H2,90,93,94)/b10-8+,15-9+,63-16+,65-56+/t61-,62+,64-,66-,67-,68-,70+,71-,72?,74+,76+,78?,79+/m1/s1. The van der Waals surface area contributed by atoms with Crippen LogP contribution in [0.3, 0.4) is 0 Å². The molecule has 3 aliphatic heterocycles. The van der Waals surface area contributed by atoms with Crippen molar-refractivity contribution in [2.75, 3.05) is 159 Å². The summed E-state index contributed by atoms with van der Waals surface area (Å²) < 4.78 is 82.4. The van der Waals surface area contributed by atoms with Crippen LogP contribution in [0, 0.1) is 29.6 Å². The van der Waals surface area contributed by atoms with Gasteiger partial charge in [-0.3, -0.25) is 19.2 Å². The summed E-state index contributed by atoms with van der Waals surface area (Å²) in [4.78, 5) is 96.2. The molecule has 6 heterocycles. The van der Waals surface area contributed by atoms with Gasteiger partial charge in [0.2, 0.25) is 11.7 Å². The van der Waals surface area contributed by atoms with E-state index in [9.17, 15) is 33.9 Å². The molecule has 0 radical (unpaired) electrons. The molecule has 3 amide bonds. The lowest BCUT2D eigenvalue weighted by Gasteiger charge is -2.36. The molecule has 30 heteroatoms. The number of benzene rings is 1. The second kappa shape index (κ2) is 52.7. The van der Waals surface area contributed by atoms with Crippen LogP contribution in [0.2, 0.25) is 0 Å². The molecule has 30 nitrogen and oxygen atoms in total. The van der Waals surface area contributed by atoms with Crippen molar-refractivity contribution in [2.45, 2.75) is 218 Å². The first-order valence-corrected chi connectivity index (χ1v) is 43.6. The number of allylic oxidation sites excluding steroid dienone is 6. The Bertz CT molecular complexity index is 3850. The van der Waals surface area contributed by atoms with Crippen molar-refractivity contribution >= 4 is 57.7 Å². The van der Waals surface area contributed by atoms with Crippen molar-refractivity contribution in [2.24, 2.45) is 29.6 Å². The molecule has 2 saturated heterocycles. The van der Waals surface area contributed by atoms with E-state index in [1.165, 1.54) is 11.2 Å². The number of methoxy groups -OCH3 is 2. The Balaban J connectivity index is 0.540. The number of amides is 3. The molecule has 662 valence electrons. The molecule has 9 atom stereocenters. The summed E-state index contributed by atoms with van der Waals surface area (Å²) in [6.07, 6.45) is 23.3. The Kier molecular flexibility index (Phi) is 42.2. The number of hydrogen-bond acceptors (Lipinski definition) is 25. The van der Waals surface area contributed by atoms with Crippen LogP contribution < -0.4 is 21.1 Å². The summed E-state index contributed by atoms with van der Waals surface area (Å²) in [6.45, 7) is 18.3. The maximum Gasteiger partial charge on any atom is 0.407 e. The third kappa shape index (κ3) is 32.0. The van der Waals surface area contributed by atoms with Crippen LogP contribution in [0.1, 0.15) is 181 Å². The number of ether oxygens (including phenoxy) is 14. The van der Waals surface area contributed by atoms with Crippen LogP contribution in [-0.2, 0) is 85.6 Å². The van der Waals surface area contributed by atoms with E-state index in [0.717, 1.165) is 90.7 Å². The number of fused-ring (bicyclic) bond motifs is 5. The van der Waals surface area contributed by atoms with Gasteiger partial charge >= 0.3 is 12.1 Å². The number of nitrogens with one attached hydrogen (secondary N) is 3. The van der Waals surface area contributed by atoms with Crippen LogP contribution in [0.15, 0.2) is 78.2 Å². The number of aliphatic hydroxyl groups excluding tert-OH is 1. The molecule has 6 N–H and O–H groups in total. The monoisotopic (exact) mass is 1670 g/mol. The number of Topliss-reactive ketones (excluding diaryl/α,β-unsaturated/α-hetero) is 2. The summed E-state index contributed by atoms with van der Waals surface area (Å²) in [5.74, 6) is 0.319. The van der Waals surface area contributed by atoms with E-state index in [1.54, 1.807) is 18.7 Å². The lowest BCUT2D eigenvalue weighted by molar-refractivity contribution is -0.167. The van der Waals surface area contributed by atoms with Crippen molar-refractivity contribution in [3.05, 3.63) is 84.0 Å². The number of carbonyl (C=O) groups is 6. The van der Waals surface area contributed by atoms with Crippen LogP contribution in [0.25, 0.3) is 27.8 Å². The zero-order valence-corrected chi connectivity index (χ0v) is 71.5. The summed E-state index contributed by atoms with van der Waals surface area (Å²) >= 11 is 0. The van der Waals surface area contributed by atoms with Crippen LogP contribution >= 0.6 is 0 Å². The second-order valence-corrected chi connectivity index (χ2v) is 32.3. The number of imidazole rings is 1. The van der Waals surface area contributed by atoms with Crippen molar-refractivity contribution in [3.8, 4) is 17.1 Å². The molecule has 9 rings (SSSR count). The van der Waals surface area contributed by atoms with E-state index in [2.05, 4.69) is 45.6 Å². The summed E-state index contributed by atoms with van der Waals surface area (Å²) in [5.41, 5.74) is 11.1. The third-order valence-corrected chi connectivity index (χ3v) is 23.2. The fraction of sp³-hybridized carbons (Fsp3) is 0.697. The van der Waals surface area contributed by atoms with Gasteiger partial charge < -0.3 is 97.7 Å². The summed E-state index contributed by atoms with van der Waals surface area (Å²) in [7, 11) is 3.30. The summed E-state index contributed by atoms with van der Waals surface area (Å²) in [6, 6.07) is 7.00. The van der Waals surface area contributed by atoms with Gasteiger partial charge in [0, 0.05) is 62.7 Å². The molecule has 5 aliphatic rings. The number of cyclic esters (lactones) is 1. The number of esters is 1. The summed E-state index contributed by atoms with van der Waals surface area (Å²) in [5, 5.41) is 22.6. The smallest absolute Gasteiger partial charge is 0.407 e. The highest BCUT2D eigenvalue weighted by Gasteiger charge is 2.42. The molecule has 119 heavy (non-hydrogen) atoms. The molecule has 2 bridgehead atoms. The zero-order valence-electron chi connectivity index (χ0n) is 71.5. The first kappa shape index (κ1) is 95.2. The number of carbonyl (C=O) groups excluding carboxylic acids is 6. The van der Waals surface area contributed by atoms with Crippen molar-refractivity contribution in [3.63, 3.8) is 0 Å². The Labute approximate surface area is 702 Å². The number of aromatic amines is 1. The molecular weight excluding hydrogens is 1530 g/mol. The van der Waals surface area contributed by atoms with Gasteiger partial charge in [-0.1, -0.05) is 69.4 Å². The van der Waals surface area contributed by atoms with E-state index in [1.807, 2.05) is 75.4 Å². The third-order valence-electron chi connectivity index (χ3n) is 23.2.